The molecule has 1 aliphatic rings. The van der Waals surface area contributed by atoms with Gasteiger partial charge in [-0.05, 0) is 6.07 Å². The number of methoxy groups -OCH3 is 1. The van der Waals surface area contributed by atoms with Crippen molar-refractivity contribution in [2.45, 2.75) is 6.04 Å². The third-order valence-corrected chi connectivity index (χ3v) is 4.81. The number of fused-ring (bicyclic) bond motifs is 1. The van der Waals surface area contributed by atoms with Crippen LogP contribution in [0.4, 0.5) is 0 Å². The normalized spacial score (nSPS) is 16.8. The van der Waals surface area contributed by atoms with Gasteiger partial charge < -0.3 is 14.1 Å². The Balaban J connectivity index is 1.59. The van der Waals surface area contributed by atoms with E-state index in [1.165, 1.54) is 18.9 Å². The predicted octanol–water partition coefficient (Wildman–Crippen LogP) is 2.41. The Labute approximate surface area is 145 Å². The van der Waals surface area contributed by atoms with Crippen LogP contribution in [0.25, 0.3) is 10.9 Å². The van der Waals surface area contributed by atoms with Crippen LogP contribution in [0.1, 0.15) is 33.0 Å². The Bertz CT molecular complexity index is 1010. The van der Waals surface area contributed by atoms with Crippen LogP contribution in [-0.4, -0.2) is 44.8 Å². The molecule has 0 saturated heterocycles. The van der Waals surface area contributed by atoms with Gasteiger partial charge in [0.1, 0.15) is 11.1 Å². The summed E-state index contributed by atoms with van der Waals surface area (Å²) in [7, 11) is 1.23. The molecular formula is C16H12N4O4S. The first-order valence-electron chi connectivity index (χ1n) is 7.40. The number of nitrogens with zero attached hydrogens (tertiary/aromatic N) is 3. The lowest BCUT2D eigenvalue weighted by Crippen LogP contribution is -2.08. The Morgan fingerprint density at radius 2 is 2.16 bits per heavy atom. The van der Waals surface area contributed by atoms with Crippen LogP contribution in [0.15, 0.2) is 39.9 Å². The van der Waals surface area contributed by atoms with Crippen molar-refractivity contribution in [1.29, 1.82) is 0 Å². The fraction of sp³-hybridized carbons (Fsp3) is 0.188. The Morgan fingerprint density at radius 3 is 3.00 bits per heavy atom. The highest BCUT2D eigenvalue weighted by molar-refractivity contribution is 8.16. The second kappa shape index (κ2) is 6.17. The maximum absolute atomic E-state index is 12.7. The molecule has 0 saturated carbocycles. The minimum atomic E-state index is -0.705. The number of benzene rings is 1. The summed E-state index contributed by atoms with van der Waals surface area (Å²) in [4.78, 5) is 31.6. The number of carbonyl (C=O) groups is 2. The average molecular weight is 356 g/mol. The lowest BCUT2D eigenvalue weighted by atomic mass is 10.1. The van der Waals surface area contributed by atoms with Gasteiger partial charge in [-0.25, -0.2) is 4.79 Å². The molecule has 3 heterocycles. The van der Waals surface area contributed by atoms with Crippen molar-refractivity contribution in [2.24, 2.45) is 4.99 Å². The molecule has 126 valence electrons. The van der Waals surface area contributed by atoms with E-state index in [1.807, 2.05) is 24.3 Å². The fourth-order valence-corrected chi connectivity index (χ4v) is 3.51. The maximum atomic E-state index is 12.7. The molecule has 1 aromatic carbocycles. The molecule has 2 aromatic heterocycles. The quantitative estimate of drug-likeness (QED) is 0.564. The number of ketones is 1. The fourth-order valence-electron chi connectivity index (χ4n) is 2.54. The Hall–Kier alpha value is -2.94. The number of ether oxygens (including phenoxy) is 1. The molecule has 0 amide bonds. The first-order chi connectivity index (χ1) is 12.2. The molecule has 0 radical (unpaired) electrons. The summed E-state index contributed by atoms with van der Waals surface area (Å²) in [5, 5.41) is 8.68. The van der Waals surface area contributed by atoms with E-state index in [0.29, 0.717) is 16.4 Å². The number of nitrogens with one attached hydrogen (secondary N) is 1. The van der Waals surface area contributed by atoms with Gasteiger partial charge in [-0.3, -0.25) is 9.79 Å². The van der Waals surface area contributed by atoms with Gasteiger partial charge in [-0.2, -0.15) is 0 Å². The summed E-state index contributed by atoms with van der Waals surface area (Å²) >= 11 is 1.33. The van der Waals surface area contributed by atoms with Crippen molar-refractivity contribution in [3.8, 4) is 0 Å². The lowest BCUT2D eigenvalue weighted by molar-refractivity contribution is 0.0553. The number of Topliss-reactive ketones (excluding diaryl/α,β-unsaturated/α-hetero) is 1. The molecule has 1 atom stereocenters. The van der Waals surface area contributed by atoms with Crippen molar-refractivity contribution in [2.75, 3.05) is 12.9 Å². The largest absolute Gasteiger partial charge is 0.462 e. The highest BCUT2D eigenvalue weighted by Crippen LogP contribution is 2.32. The van der Waals surface area contributed by atoms with Crippen LogP contribution in [-0.2, 0) is 4.74 Å². The monoisotopic (exact) mass is 356 g/mol. The topological polar surface area (TPSA) is 110 Å². The molecular weight excluding hydrogens is 344 g/mol. The number of H-pyrrole nitrogens is 1. The highest BCUT2D eigenvalue weighted by Gasteiger charge is 2.30. The molecule has 9 heteroatoms. The first-order valence-corrected chi connectivity index (χ1v) is 8.39. The van der Waals surface area contributed by atoms with E-state index >= 15 is 0 Å². The SMILES string of the molecule is COC(=O)c1nnc(C2CSC(C(=O)c3c[nH]c4ccccc34)=N2)o1. The molecule has 3 aromatic rings. The zero-order chi connectivity index (χ0) is 17.4. The summed E-state index contributed by atoms with van der Waals surface area (Å²) in [5.41, 5.74) is 1.47. The number of hydrogen-bond acceptors (Lipinski definition) is 8. The zero-order valence-corrected chi connectivity index (χ0v) is 13.9. The van der Waals surface area contributed by atoms with E-state index in [4.69, 9.17) is 4.42 Å². The van der Waals surface area contributed by atoms with Gasteiger partial charge in [0.2, 0.25) is 11.7 Å². The minimum absolute atomic E-state index is 0.155. The third kappa shape index (κ3) is 2.72. The van der Waals surface area contributed by atoms with E-state index in [1.54, 1.807) is 6.20 Å². The van der Waals surface area contributed by atoms with Gasteiger partial charge in [-0.15, -0.1) is 22.0 Å². The van der Waals surface area contributed by atoms with Crippen LogP contribution >= 0.6 is 11.8 Å². The predicted molar refractivity (Wildman–Crippen MR) is 90.9 cm³/mol. The number of aliphatic imine (C=N–C) groups is 1. The van der Waals surface area contributed by atoms with Gasteiger partial charge in [-0.1, -0.05) is 18.2 Å². The van der Waals surface area contributed by atoms with E-state index in [0.717, 1.165) is 10.9 Å². The molecule has 0 aliphatic carbocycles. The number of thioether (sulfide) groups is 1. The summed E-state index contributed by atoms with van der Waals surface area (Å²) in [6, 6.07) is 7.12. The summed E-state index contributed by atoms with van der Waals surface area (Å²) in [6.45, 7) is 0. The molecule has 0 fully saturated rings. The number of esters is 1. The molecule has 25 heavy (non-hydrogen) atoms. The first kappa shape index (κ1) is 15.6. The number of carbonyl (C=O) groups excluding carboxylic acids is 2. The van der Waals surface area contributed by atoms with Crippen molar-refractivity contribution in [3.05, 3.63) is 47.8 Å². The van der Waals surface area contributed by atoms with Gasteiger partial charge >= 0.3 is 11.9 Å². The van der Waals surface area contributed by atoms with Crippen LogP contribution in [0.2, 0.25) is 0 Å². The van der Waals surface area contributed by atoms with Crippen LogP contribution in [0.5, 0.6) is 0 Å². The van der Waals surface area contributed by atoms with E-state index in [9.17, 15) is 9.59 Å². The van der Waals surface area contributed by atoms with Crippen molar-refractivity contribution < 1.29 is 18.7 Å². The van der Waals surface area contributed by atoms with E-state index in [-0.39, 0.29) is 17.6 Å². The van der Waals surface area contributed by atoms with Crippen LogP contribution in [0.3, 0.4) is 0 Å². The van der Waals surface area contributed by atoms with Crippen molar-refractivity contribution in [1.82, 2.24) is 15.2 Å². The minimum Gasteiger partial charge on any atom is -0.462 e. The molecule has 1 unspecified atom stereocenters. The molecule has 4 rings (SSSR count). The standard InChI is InChI=1S/C16H12N4O4S/c1-23-16(22)14-20-19-13(24-14)11-7-25-15(18-11)12(21)9-6-17-10-5-3-2-4-8(9)10/h2-6,11,17H,7H2,1H3. The van der Waals surface area contributed by atoms with Gasteiger partial charge in [0.05, 0.1) is 12.7 Å². The second-order valence-corrected chi connectivity index (χ2v) is 6.28. The lowest BCUT2D eigenvalue weighted by Gasteiger charge is -1.97. The van der Waals surface area contributed by atoms with Gasteiger partial charge in [0.15, 0.2) is 0 Å². The zero-order valence-electron chi connectivity index (χ0n) is 13.1. The molecule has 8 nitrogen and oxygen atoms in total. The molecule has 0 bridgehead atoms. The van der Waals surface area contributed by atoms with Crippen LogP contribution < -0.4 is 0 Å². The molecule has 1 N–H and O–H groups in total. The Morgan fingerprint density at radius 1 is 1.32 bits per heavy atom. The molecule has 0 spiro atoms. The second-order valence-electron chi connectivity index (χ2n) is 5.28. The van der Waals surface area contributed by atoms with E-state index in [2.05, 4.69) is 24.9 Å². The third-order valence-electron chi connectivity index (χ3n) is 3.76. The number of aromatic amines is 1. The highest BCUT2D eigenvalue weighted by atomic mass is 32.2. The number of rotatable bonds is 4. The molecule has 1 aliphatic heterocycles. The van der Waals surface area contributed by atoms with Gasteiger partial charge in [0, 0.05) is 22.9 Å². The average Bonchev–Trinajstić information content (AvgIpc) is 3.38. The summed E-state index contributed by atoms with van der Waals surface area (Å²) in [6.07, 6.45) is 1.69. The number of para-hydroxylation sites is 1. The van der Waals surface area contributed by atoms with Crippen molar-refractivity contribution >= 4 is 39.5 Å². The van der Waals surface area contributed by atoms with Crippen LogP contribution in [0, 0.1) is 0 Å². The number of hydrogen-bond donors (Lipinski definition) is 1. The number of aromatic nitrogens is 3. The Kier molecular flexibility index (Phi) is 3.85. The van der Waals surface area contributed by atoms with Crippen molar-refractivity contribution in [3.63, 3.8) is 0 Å². The summed E-state index contributed by atoms with van der Waals surface area (Å²) in [5.74, 6) is -0.406. The smallest absolute Gasteiger partial charge is 0.396 e. The summed E-state index contributed by atoms with van der Waals surface area (Å²) < 4.78 is 9.80. The van der Waals surface area contributed by atoms with E-state index < -0.39 is 12.0 Å². The maximum Gasteiger partial charge on any atom is 0.396 e. The van der Waals surface area contributed by atoms with Gasteiger partial charge in [0.25, 0.3) is 0 Å².